The first-order valence-corrected chi connectivity index (χ1v) is 4.71. The Morgan fingerprint density at radius 1 is 1.57 bits per heavy atom. The van der Waals surface area contributed by atoms with Gasteiger partial charge in [0.2, 0.25) is 5.88 Å². The van der Waals surface area contributed by atoms with Gasteiger partial charge in [0.05, 0.1) is 18.5 Å². The van der Waals surface area contributed by atoms with Crippen LogP contribution in [0.25, 0.3) is 0 Å². The van der Waals surface area contributed by atoms with E-state index in [0.717, 1.165) is 25.2 Å². The minimum absolute atomic E-state index is 0.541. The average Bonchev–Trinajstić information content (AvgIpc) is 2.17. The van der Waals surface area contributed by atoms with Crippen molar-refractivity contribution in [2.75, 3.05) is 26.4 Å². The van der Waals surface area contributed by atoms with Crippen molar-refractivity contribution in [2.45, 2.75) is 13.0 Å². The number of methoxy groups -OCH3 is 1. The van der Waals surface area contributed by atoms with Crippen LogP contribution in [0.3, 0.4) is 0 Å². The van der Waals surface area contributed by atoms with Crippen molar-refractivity contribution in [3.05, 3.63) is 17.3 Å². The third-order valence-corrected chi connectivity index (χ3v) is 2.56. The van der Waals surface area contributed by atoms with Gasteiger partial charge in [-0.25, -0.2) is 4.98 Å². The monoisotopic (exact) mass is 193 g/mol. The van der Waals surface area contributed by atoms with Crippen molar-refractivity contribution in [1.82, 2.24) is 9.88 Å². The first kappa shape index (κ1) is 9.27. The van der Waals surface area contributed by atoms with E-state index in [2.05, 4.69) is 16.9 Å². The lowest BCUT2D eigenvalue weighted by molar-refractivity contribution is 0.303. The quantitative estimate of drug-likeness (QED) is 0.712. The Hall–Kier alpha value is -1.29. The van der Waals surface area contributed by atoms with Gasteiger partial charge in [-0.2, -0.15) is 0 Å². The zero-order valence-corrected chi connectivity index (χ0v) is 8.58. The van der Waals surface area contributed by atoms with E-state index < -0.39 is 0 Å². The fourth-order valence-electron chi connectivity index (χ4n) is 1.75. The molecule has 1 aliphatic heterocycles. The fourth-order valence-corrected chi connectivity index (χ4v) is 1.75. The molecule has 1 aromatic heterocycles. The summed E-state index contributed by atoms with van der Waals surface area (Å²) in [5, 5.41) is 0. The van der Waals surface area contributed by atoms with E-state index in [9.17, 15) is 0 Å². The molecule has 2 N–H and O–H groups in total. The van der Waals surface area contributed by atoms with Crippen molar-refractivity contribution >= 4 is 5.69 Å². The molecule has 14 heavy (non-hydrogen) atoms. The summed E-state index contributed by atoms with van der Waals surface area (Å²) in [5.41, 5.74) is 8.76. The van der Waals surface area contributed by atoms with Gasteiger partial charge in [-0.3, -0.25) is 0 Å². The largest absolute Gasteiger partial charge is 0.480 e. The SMILES string of the molecule is COc1nc2c(cc1N)CCN(C)C2. The van der Waals surface area contributed by atoms with Gasteiger partial charge in [0, 0.05) is 13.1 Å². The van der Waals surface area contributed by atoms with Gasteiger partial charge in [-0.05, 0) is 25.1 Å². The second-order valence-electron chi connectivity index (χ2n) is 3.68. The minimum Gasteiger partial charge on any atom is -0.480 e. The Morgan fingerprint density at radius 2 is 2.36 bits per heavy atom. The minimum atomic E-state index is 0.541. The predicted molar refractivity (Wildman–Crippen MR) is 55.2 cm³/mol. The number of likely N-dealkylation sites (N-methyl/N-ethyl adjacent to an activating group) is 1. The molecule has 0 aromatic carbocycles. The van der Waals surface area contributed by atoms with Crippen LogP contribution in [0.4, 0.5) is 5.69 Å². The number of fused-ring (bicyclic) bond motifs is 1. The number of anilines is 1. The number of hydrogen-bond donors (Lipinski definition) is 1. The van der Waals surface area contributed by atoms with Crippen LogP contribution < -0.4 is 10.5 Å². The fraction of sp³-hybridized carbons (Fsp3) is 0.500. The number of aromatic nitrogens is 1. The maximum absolute atomic E-state index is 5.79. The highest BCUT2D eigenvalue weighted by atomic mass is 16.5. The summed E-state index contributed by atoms with van der Waals surface area (Å²) in [6.07, 6.45) is 1.02. The highest BCUT2D eigenvalue weighted by Crippen LogP contribution is 2.25. The molecule has 0 atom stereocenters. The van der Waals surface area contributed by atoms with Gasteiger partial charge in [0.1, 0.15) is 0 Å². The number of nitrogens with two attached hydrogens (primary N) is 1. The van der Waals surface area contributed by atoms with Crippen molar-refractivity contribution in [1.29, 1.82) is 0 Å². The molecule has 1 aliphatic rings. The predicted octanol–water partition coefficient (Wildman–Crippen LogP) is 0.660. The zero-order chi connectivity index (χ0) is 10.1. The number of pyridine rings is 1. The molecular weight excluding hydrogens is 178 g/mol. The molecule has 0 fully saturated rings. The molecule has 0 radical (unpaired) electrons. The van der Waals surface area contributed by atoms with Crippen LogP contribution >= 0.6 is 0 Å². The van der Waals surface area contributed by atoms with E-state index in [1.807, 2.05) is 6.07 Å². The maximum atomic E-state index is 5.79. The summed E-state index contributed by atoms with van der Waals surface area (Å²) in [6.45, 7) is 1.95. The van der Waals surface area contributed by atoms with Crippen LogP contribution in [0.1, 0.15) is 11.3 Å². The molecule has 0 spiro atoms. The molecule has 4 heteroatoms. The van der Waals surface area contributed by atoms with Crippen molar-refractivity contribution in [2.24, 2.45) is 0 Å². The van der Waals surface area contributed by atoms with E-state index in [4.69, 9.17) is 10.5 Å². The average molecular weight is 193 g/mol. The Labute approximate surface area is 83.7 Å². The third-order valence-electron chi connectivity index (χ3n) is 2.56. The third kappa shape index (κ3) is 1.53. The van der Waals surface area contributed by atoms with Gasteiger partial charge in [-0.1, -0.05) is 0 Å². The first-order valence-electron chi connectivity index (χ1n) is 4.71. The van der Waals surface area contributed by atoms with E-state index in [1.165, 1.54) is 5.56 Å². The summed E-state index contributed by atoms with van der Waals surface area (Å²) < 4.78 is 5.09. The molecule has 2 heterocycles. The molecule has 2 rings (SSSR count). The molecule has 0 aliphatic carbocycles. The number of rotatable bonds is 1. The summed E-state index contributed by atoms with van der Waals surface area (Å²) in [6, 6.07) is 1.98. The smallest absolute Gasteiger partial charge is 0.237 e. The Balaban J connectivity index is 2.41. The Bertz CT molecular complexity index is 351. The lowest BCUT2D eigenvalue weighted by atomic mass is 10.1. The van der Waals surface area contributed by atoms with Crippen LogP contribution in [0.5, 0.6) is 5.88 Å². The number of nitrogens with zero attached hydrogens (tertiary/aromatic N) is 2. The second-order valence-corrected chi connectivity index (χ2v) is 3.68. The Kier molecular flexibility index (Phi) is 2.29. The van der Waals surface area contributed by atoms with E-state index in [1.54, 1.807) is 7.11 Å². The highest BCUT2D eigenvalue weighted by Gasteiger charge is 2.16. The van der Waals surface area contributed by atoms with E-state index >= 15 is 0 Å². The Morgan fingerprint density at radius 3 is 3.07 bits per heavy atom. The summed E-state index contributed by atoms with van der Waals surface area (Å²) >= 11 is 0. The van der Waals surface area contributed by atoms with Gasteiger partial charge in [-0.15, -0.1) is 0 Å². The zero-order valence-electron chi connectivity index (χ0n) is 8.58. The van der Waals surface area contributed by atoms with Crippen LogP contribution in [0.2, 0.25) is 0 Å². The van der Waals surface area contributed by atoms with Crippen LogP contribution in [0.15, 0.2) is 6.07 Å². The van der Waals surface area contributed by atoms with Crippen LogP contribution in [0, 0.1) is 0 Å². The first-order chi connectivity index (χ1) is 6.70. The molecule has 0 amide bonds. The van der Waals surface area contributed by atoms with Gasteiger partial charge in [0.25, 0.3) is 0 Å². The van der Waals surface area contributed by atoms with E-state index in [0.29, 0.717) is 11.6 Å². The number of hydrogen-bond acceptors (Lipinski definition) is 4. The summed E-state index contributed by atoms with van der Waals surface area (Å²) in [5.74, 6) is 0.541. The molecule has 4 nitrogen and oxygen atoms in total. The normalized spacial score (nSPS) is 16.4. The maximum Gasteiger partial charge on any atom is 0.237 e. The summed E-state index contributed by atoms with van der Waals surface area (Å²) in [7, 11) is 3.69. The lowest BCUT2D eigenvalue weighted by Gasteiger charge is -2.24. The van der Waals surface area contributed by atoms with E-state index in [-0.39, 0.29) is 0 Å². The molecule has 0 unspecified atom stereocenters. The molecular formula is C10H15N3O. The molecule has 1 aromatic rings. The van der Waals surface area contributed by atoms with Crippen molar-refractivity contribution < 1.29 is 4.74 Å². The van der Waals surface area contributed by atoms with Crippen LogP contribution in [-0.4, -0.2) is 30.6 Å². The second kappa shape index (κ2) is 3.46. The van der Waals surface area contributed by atoms with Gasteiger partial charge >= 0.3 is 0 Å². The van der Waals surface area contributed by atoms with Gasteiger partial charge in [0.15, 0.2) is 0 Å². The standard InChI is InChI=1S/C10H15N3O/c1-13-4-3-7-5-8(11)10(14-2)12-9(7)6-13/h5H,3-4,6,11H2,1-2H3. The molecule has 76 valence electrons. The summed E-state index contributed by atoms with van der Waals surface area (Å²) in [4.78, 5) is 6.63. The van der Waals surface area contributed by atoms with Crippen molar-refractivity contribution in [3.8, 4) is 5.88 Å². The lowest BCUT2D eigenvalue weighted by Crippen LogP contribution is -2.27. The molecule has 0 saturated carbocycles. The molecule has 0 bridgehead atoms. The topological polar surface area (TPSA) is 51.4 Å². The van der Waals surface area contributed by atoms with Gasteiger partial charge < -0.3 is 15.4 Å². The highest BCUT2D eigenvalue weighted by molar-refractivity contribution is 5.51. The number of ether oxygens (including phenoxy) is 1. The number of nitrogen functional groups attached to an aromatic ring is 1. The van der Waals surface area contributed by atoms with Crippen LogP contribution in [-0.2, 0) is 13.0 Å². The van der Waals surface area contributed by atoms with Crippen molar-refractivity contribution in [3.63, 3.8) is 0 Å². The molecule has 0 saturated heterocycles.